The maximum absolute atomic E-state index is 13.7. The molecule has 1 saturated heterocycles. The summed E-state index contributed by atoms with van der Waals surface area (Å²) in [7, 11) is 0. The van der Waals surface area contributed by atoms with Gasteiger partial charge in [-0.2, -0.15) is 13.2 Å². The van der Waals surface area contributed by atoms with Gasteiger partial charge in [0.25, 0.3) is 18.2 Å². The van der Waals surface area contributed by atoms with Crippen LogP contribution in [0.1, 0.15) is 46.1 Å². The van der Waals surface area contributed by atoms with Crippen LogP contribution >= 0.6 is 11.3 Å². The number of primary amides is 1. The van der Waals surface area contributed by atoms with Gasteiger partial charge in [0, 0.05) is 17.3 Å². The first-order valence-electron chi connectivity index (χ1n) is 9.13. The van der Waals surface area contributed by atoms with Gasteiger partial charge in [0.15, 0.2) is 5.01 Å². The Labute approximate surface area is 182 Å². The van der Waals surface area contributed by atoms with E-state index in [-0.39, 0.29) is 28.5 Å². The van der Waals surface area contributed by atoms with E-state index in [1.807, 2.05) is 5.32 Å². The van der Waals surface area contributed by atoms with Crippen LogP contribution in [0.5, 0.6) is 0 Å². The van der Waals surface area contributed by atoms with E-state index in [4.69, 9.17) is 5.73 Å². The molecule has 2 aromatic rings. The zero-order valence-corrected chi connectivity index (χ0v) is 17.5. The first-order chi connectivity index (χ1) is 14.7. The molecule has 0 radical (unpaired) electrons. The molecule has 4 N–H and O–H groups in total. The van der Waals surface area contributed by atoms with Crippen molar-refractivity contribution in [2.45, 2.75) is 38.1 Å². The highest BCUT2D eigenvalue weighted by Crippen LogP contribution is 2.38. The zero-order valence-electron chi connectivity index (χ0n) is 16.7. The number of nitrogens with two attached hydrogens (primary N) is 1. The quantitative estimate of drug-likeness (QED) is 0.548. The number of rotatable bonds is 6. The third-order valence-electron chi connectivity index (χ3n) is 4.66. The van der Waals surface area contributed by atoms with Gasteiger partial charge in [-0.05, 0) is 19.9 Å². The maximum atomic E-state index is 13.7. The zero-order chi connectivity index (χ0) is 24.0. The summed E-state index contributed by atoms with van der Waals surface area (Å²) >= 11 is 0.624. The molecule has 0 spiro atoms. The van der Waals surface area contributed by atoms with E-state index in [1.54, 1.807) is 0 Å². The lowest BCUT2D eigenvalue weighted by Crippen LogP contribution is -2.61. The van der Waals surface area contributed by atoms with Crippen molar-refractivity contribution < 1.29 is 36.6 Å². The molecule has 0 aliphatic carbocycles. The fraction of sp³-hybridized carbons (Fsp3) is 0.444. The molecule has 0 bridgehead atoms. The number of aromatic nitrogens is 2. The maximum Gasteiger partial charge on any atom is 0.408 e. The molecule has 32 heavy (non-hydrogen) atoms. The number of halogens is 5. The standard InChI is InChI=1S/C18H18F5N5O3S/c1-7(18(21,22)23)26-10-3-8(13(19)20)9(4-25-10)12-11(14(24)29)27-15(32-12)16(30)28-5-17(2,31)6-28/h3-4,7,13,31H,5-6H2,1-2H3,(H2,24,29)(H,25,26)/t7-/m0/s1. The second kappa shape index (κ2) is 8.24. The Kier molecular flexibility index (Phi) is 6.12. The van der Waals surface area contributed by atoms with Gasteiger partial charge in [0.05, 0.1) is 23.6 Å². The monoisotopic (exact) mass is 479 g/mol. The Balaban J connectivity index is 2.00. The molecule has 0 aromatic carbocycles. The fourth-order valence-electron chi connectivity index (χ4n) is 3.04. The van der Waals surface area contributed by atoms with Crippen molar-refractivity contribution in [3.63, 3.8) is 0 Å². The summed E-state index contributed by atoms with van der Waals surface area (Å²) in [5.74, 6) is -2.16. The van der Waals surface area contributed by atoms with Crippen LogP contribution in [-0.4, -0.2) is 62.7 Å². The second-order valence-corrected chi connectivity index (χ2v) is 8.58. The highest BCUT2D eigenvalue weighted by molar-refractivity contribution is 7.17. The van der Waals surface area contributed by atoms with Gasteiger partial charge in [0.2, 0.25) is 0 Å². The predicted molar refractivity (Wildman–Crippen MR) is 104 cm³/mol. The highest BCUT2D eigenvalue weighted by Gasteiger charge is 2.41. The lowest BCUT2D eigenvalue weighted by atomic mass is 9.97. The summed E-state index contributed by atoms with van der Waals surface area (Å²) in [5.41, 5.74) is 2.79. The molecule has 3 heterocycles. The van der Waals surface area contributed by atoms with Gasteiger partial charge in [0.1, 0.15) is 17.6 Å². The van der Waals surface area contributed by atoms with Gasteiger partial charge in [-0.1, -0.05) is 0 Å². The van der Waals surface area contributed by atoms with Crippen molar-refractivity contribution in [1.29, 1.82) is 0 Å². The van der Waals surface area contributed by atoms with Crippen LogP contribution in [0.3, 0.4) is 0 Å². The fourth-order valence-corrected chi connectivity index (χ4v) is 4.11. The number of nitrogens with one attached hydrogen (secondary N) is 1. The number of pyridine rings is 1. The van der Waals surface area contributed by atoms with E-state index < -0.39 is 53.1 Å². The molecule has 14 heteroatoms. The van der Waals surface area contributed by atoms with Crippen LogP contribution in [-0.2, 0) is 0 Å². The van der Waals surface area contributed by atoms with Crippen molar-refractivity contribution in [3.8, 4) is 10.4 Å². The summed E-state index contributed by atoms with van der Waals surface area (Å²) in [6.07, 6.45) is -6.89. The number of hydrogen-bond acceptors (Lipinski definition) is 7. The van der Waals surface area contributed by atoms with E-state index >= 15 is 0 Å². The normalized spacial score (nSPS) is 16.6. The first kappa shape index (κ1) is 23.8. The minimum atomic E-state index is -4.63. The summed E-state index contributed by atoms with van der Waals surface area (Å²) in [4.78, 5) is 33.1. The third-order valence-corrected chi connectivity index (χ3v) is 5.74. The molecular formula is C18H18F5N5O3S. The second-order valence-electron chi connectivity index (χ2n) is 7.58. The topological polar surface area (TPSA) is 121 Å². The molecule has 2 amide bonds. The summed E-state index contributed by atoms with van der Waals surface area (Å²) < 4.78 is 65.7. The van der Waals surface area contributed by atoms with Crippen LogP contribution in [0, 0.1) is 0 Å². The number of anilines is 1. The van der Waals surface area contributed by atoms with Crippen molar-refractivity contribution in [2.75, 3.05) is 18.4 Å². The molecule has 3 rings (SSSR count). The van der Waals surface area contributed by atoms with Crippen LogP contribution in [0.2, 0.25) is 0 Å². The van der Waals surface area contributed by atoms with E-state index in [0.717, 1.165) is 19.2 Å². The number of amides is 2. The van der Waals surface area contributed by atoms with Crippen LogP contribution in [0.15, 0.2) is 12.3 Å². The number of alkyl halides is 5. The Bertz CT molecular complexity index is 1050. The Hall–Kier alpha value is -2.87. The summed E-state index contributed by atoms with van der Waals surface area (Å²) in [6.45, 7) is 2.37. The van der Waals surface area contributed by atoms with Crippen molar-refractivity contribution in [1.82, 2.24) is 14.9 Å². The minimum absolute atomic E-state index is 0.0221. The molecule has 1 aliphatic rings. The van der Waals surface area contributed by atoms with Gasteiger partial charge in [-0.3, -0.25) is 9.59 Å². The van der Waals surface area contributed by atoms with Crippen LogP contribution in [0.4, 0.5) is 27.8 Å². The van der Waals surface area contributed by atoms with Crippen molar-refractivity contribution in [3.05, 3.63) is 28.5 Å². The van der Waals surface area contributed by atoms with E-state index in [2.05, 4.69) is 9.97 Å². The largest absolute Gasteiger partial charge is 0.408 e. The van der Waals surface area contributed by atoms with Crippen LogP contribution < -0.4 is 11.1 Å². The number of aliphatic hydroxyl groups is 1. The van der Waals surface area contributed by atoms with E-state index in [1.165, 1.54) is 11.8 Å². The number of thiazole rings is 1. The lowest BCUT2D eigenvalue weighted by molar-refractivity contribution is -0.138. The molecule has 174 valence electrons. The van der Waals surface area contributed by atoms with Gasteiger partial charge >= 0.3 is 6.18 Å². The summed E-state index contributed by atoms with van der Waals surface area (Å²) in [6, 6.07) is -1.31. The number of carbonyl (C=O) groups is 2. The van der Waals surface area contributed by atoms with Gasteiger partial charge in [-0.25, -0.2) is 18.7 Å². The van der Waals surface area contributed by atoms with E-state index in [9.17, 15) is 36.6 Å². The average molecular weight is 479 g/mol. The van der Waals surface area contributed by atoms with Crippen molar-refractivity contribution >= 4 is 29.0 Å². The molecule has 0 saturated carbocycles. The Morgan fingerprint density at radius 2 is 1.97 bits per heavy atom. The van der Waals surface area contributed by atoms with Gasteiger partial charge in [-0.15, -0.1) is 11.3 Å². The molecule has 2 aromatic heterocycles. The molecule has 8 nitrogen and oxygen atoms in total. The third kappa shape index (κ3) is 4.80. The molecule has 1 atom stereocenters. The average Bonchev–Trinajstić information content (AvgIpc) is 3.10. The first-order valence-corrected chi connectivity index (χ1v) is 9.95. The number of hydrogen-bond donors (Lipinski definition) is 3. The number of likely N-dealkylation sites (tertiary alicyclic amines) is 1. The molecule has 1 aliphatic heterocycles. The SMILES string of the molecule is C[C@H](Nc1cc(C(F)F)c(-c2sc(C(=O)N3CC(C)(O)C3)nc2C(N)=O)cn1)C(F)(F)F. The molecular weight excluding hydrogens is 461 g/mol. The predicted octanol–water partition coefficient (Wildman–Crippen LogP) is 2.81. The van der Waals surface area contributed by atoms with Gasteiger partial charge < -0.3 is 21.1 Å². The highest BCUT2D eigenvalue weighted by atomic mass is 32.1. The Morgan fingerprint density at radius 3 is 2.47 bits per heavy atom. The minimum Gasteiger partial charge on any atom is -0.386 e. The number of β-amino-alcohol motifs (C(OH)–C–C–N with tert-alkyl or cyclic N) is 1. The number of carbonyl (C=O) groups excluding carboxylic acids is 2. The summed E-state index contributed by atoms with van der Waals surface area (Å²) in [5, 5.41) is 11.6. The molecule has 1 fully saturated rings. The van der Waals surface area contributed by atoms with E-state index in [0.29, 0.717) is 11.3 Å². The number of nitrogens with zero attached hydrogens (tertiary/aromatic N) is 3. The lowest BCUT2D eigenvalue weighted by Gasteiger charge is -2.43. The molecule has 0 unspecified atom stereocenters. The Morgan fingerprint density at radius 1 is 1.34 bits per heavy atom. The smallest absolute Gasteiger partial charge is 0.386 e. The van der Waals surface area contributed by atoms with Crippen LogP contribution in [0.25, 0.3) is 10.4 Å². The van der Waals surface area contributed by atoms with Crippen molar-refractivity contribution in [2.24, 2.45) is 5.73 Å².